The molecule has 1 N–H and O–H groups in total. The summed E-state index contributed by atoms with van der Waals surface area (Å²) >= 11 is 0. The van der Waals surface area contributed by atoms with E-state index in [1.807, 2.05) is 11.8 Å². The Hall–Kier alpha value is -1.14. The molecule has 2 atom stereocenters. The van der Waals surface area contributed by atoms with Crippen LogP contribution >= 0.6 is 0 Å². The maximum Gasteiger partial charge on any atom is 0.154 e. The molecule has 1 aliphatic rings. The van der Waals surface area contributed by atoms with E-state index in [-0.39, 0.29) is 23.4 Å². The molecule has 0 aromatic heterocycles. The highest BCUT2D eigenvalue weighted by Gasteiger charge is 2.30. The quantitative estimate of drug-likeness (QED) is 0.905. The lowest BCUT2D eigenvalue weighted by Gasteiger charge is -2.37. The van der Waals surface area contributed by atoms with Gasteiger partial charge in [0, 0.05) is 23.8 Å². The molecule has 1 aromatic rings. The molecule has 1 heterocycles. The van der Waals surface area contributed by atoms with Gasteiger partial charge in [-0.25, -0.2) is 12.8 Å². The first-order chi connectivity index (χ1) is 9.21. The van der Waals surface area contributed by atoms with Crippen molar-refractivity contribution in [3.05, 3.63) is 29.1 Å². The normalized spacial score (nSPS) is 23.6. The molecule has 6 heteroatoms. The molecule has 0 radical (unpaired) electrons. The average molecular weight is 301 g/mol. The van der Waals surface area contributed by atoms with Crippen molar-refractivity contribution in [3.8, 4) is 0 Å². The fourth-order valence-electron chi connectivity index (χ4n) is 2.62. The lowest BCUT2D eigenvalue weighted by Crippen LogP contribution is -2.47. The van der Waals surface area contributed by atoms with Gasteiger partial charge in [-0.1, -0.05) is 0 Å². The molecular formula is C14H20FNO3S. The Labute approximate surface area is 119 Å². The van der Waals surface area contributed by atoms with Gasteiger partial charge in [-0.3, -0.25) is 0 Å². The molecular weight excluding hydrogens is 281 g/mol. The summed E-state index contributed by atoms with van der Waals surface area (Å²) in [6, 6.07) is 2.84. The van der Waals surface area contributed by atoms with Crippen LogP contribution in [0.25, 0.3) is 0 Å². The second-order valence-corrected chi connectivity index (χ2v) is 7.72. The summed E-state index contributed by atoms with van der Waals surface area (Å²) < 4.78 is 37.0. The zero-order valence-corrected chi connectivity index (χ0v) is 12.7. The zero-order chi connectivity index (χ0) is 15.1. The fourth-order valence-corrected chi connectivity index (χ4v) is 4.18. The van der Waals surface area contributed by atoms with Gasteiger partial charge < -0.3 is 10.0 Å². The molecule has 2 rings (SSSR count). The largest absolute Gasteiger partial charge is 0.389 e. The molecule has 0 saturated carbocycles. The van der Waals surface area contributed by atoms with E-state index in [0.717, 1.165) is 5.69 Å². The van der Waals surface area contributed by atoms with E-state index in [9.17, 15) is 17.9 Å². The van der Waals surface area contributed by atoms with E-state index >= 15 is 0 Å². The third-order valence-electron chi connectivity index (χ3n) is 3.74. The highest BCUT2D eigenvalue weighted by atomic mass is 32.2. The number of sulfone groups is 1. The minimum atomic E-state index is -3.00. The van der Waals surface area contributed by atoms with Crippen molar-refractivity contribution in [2.24, 2.45) is 0 Å². The lowest BCUT2D eigenvalue weighted by atomic mass is 10.0. The molecule has 1 fully saturated rings. The van der Waals surface area contributed by atoms with Crippen molar-refractivity contribution < 1.29 is 17.9 Å². The van der Waals surface area contributed by atoms with Gasteiger partial charge in [0.05, 0.1) is 17.6 Å². The highest BCUT2D eigenvalue weighted by Crippen LogP contribution is 2.32. The number of hydrogen-bond donors (Lipinski definition) is 1. The van der Waals surface area contributed by atoms with Crippen LogP contribution in [0.15, 0.2) is 12.1 Å². The van der Waals surface area contributed by atoms with Crippen LogP contribution in [0, 0.1) is 12.7 Å². The second-order valence-electron chi connectivity index (χ2n) is 5.49. The van der Waals surface area contributed by atoms with Crippen LogP contribution in [-0.2, 0) is 9.84 Å². The van der Waals surface area contributed by atoms with Crippen molar-refractivity contribution in [1.82, 2.24) is 0 Å². The van der Waals surface area contributed by atoms with Crippen LogP contribution in [0.2, 0.25) is 0 Å². The number of rotatable bonds is 2. The summed E-state index contributed by atoms with van der Waals surface area (Å²) in [5, 5.41) is 9.83. The molecule has 0 amide bonds. The number of aryl methyl sites for hydroxylation is 1. The number of aliphatic hydroxyl groups is 1. The van der Waals surface area contributed by atoms with Gasteiger partial charge in [-0.05, 0) is 38.5 Å². The monoisotopic (exact) mass is 301 g/mol. The van der Waals surface area contributed by atoms with E-state index in [1.54, 1.807) is 19.9 Å². The maximum absolute atomic E-state index is 13.7. The Morgan fingerprint density at radius 3 is 2.65 bits per heavy atom. The highest BCUT2D eigenvalue weighted by molar-refractivity contribution is 7.91. The van der Waals surface area contributed by atoms with E-state index in [0.29, 0.717) is 17.7 Å². The minimum absolute atomic E-state index is 0.0860. The molecule has 1 aromatic carbocycles. The van der Waals surface area contributed by atoms with Crippen LogP contribution < -0.4 is 4.90 Å². The van der Waals surface area contributed by atoms with Gasteiger partial charge in [0.1, 0.15) is 5.82 Å². The maximum atomic E-state index is 13.7. The van der Waals surface area contributed by atoms with Crippen LogP contribution in [-0.4, -0.2) is 37.6 Å². The van der Waals surface area contributed by atoms with Crippen molar-refractivity contribution in [3.63, 3.8) is 0 Å². The van der Waals surface area contributed by atoms with Crippen LogP contribution in [0.5, 0.6) is 0 Å². The molecule has 112 valence electrons. The van der Waals surface area contributed by atoms with Crippen LogP contribution in [0.4, 0.5) is 10.1 Å². The number of hydrogen-bond acceptors (Lipinski definition) is 4. The summed E-state index contributed by atoms with van der Waals surface area (Å²) in [4.78, 5) is 1.94. The van der Waals surface area contributed by atoms with Crippen molar-refractivity contribution >= 4 is 15.5 Å². The summed E-state index contributed by atoms with van der Waals surface area (Å²) in [7, 11) is -3.00. The van der Waals surface area contributed by atoms with Gasteiger partial charge in [0.2, 0.25) is 0 Å². The van der Waals surface area contributed by atoms with Crippen molar-refractivity contribution in [2.45, 2.75) is 32.9 Å². The summed E-state index contributed by atoms with van der Waals surface area (Å²) in [6.07, 6.45) is -0.800. The van der Waals surface area contributed by atoms with Gasteiger partial charge in [0.25, 0.3) is 0 Å². The first kappa shape index (κ1) is 15.3. The fraction of sp³-hybridized carbons (Fsp3) is 0.571. The van der Waals surface area contributed by atoms with Crippen molar-refractivity contribution in [2.75, 3.05) is 23.0 Å². The first-order valence-electron chi connectivity index (χ1n) is 6.66. The third kappa shape index (κ3) is 2.96. The predicted molar refractivity (Wildman–Crippen MR) is 77.2 cm³/mol. The van der Waals surface area contributed by atoms with Gasteiger partial charge in [0.15, 0.2) is 9.84 Å². The topological polar surface area (TPSA) is 57.6 Å². The molecule has 0 spiro atoms. The van der Waals surface area contributed by atoms with E-state index < -0.39 is 15.9 Å². The SMILES string of the molecule is Cc1cc(N2CCS(=O)(=O)CC2C)c(C(C)O)cc1F. The molecule has 4 nitrogen and oxygen atoms in total. The Kier molecular flexibility index (Phi) is 4.07. The van der Waals surface area contributed by atoms with Crippen LogP contribution in [0.1, 0.15) is 31.1 Å². The lowest BCUT2D eigenvalue weighted by molar-refractivity contribution is 0.199. The number of nitrogens with zero attached hydrogens (tertiary/aromatic N) is 1. The molecule has 20 heavy (non-hydrogen) atoms. The molecule has 1 saturated heterocycles. The number of halogens is 1. The van der Waals surface area contributed by atoms with E-state index in [4.69, 9.17) is 0 Å². The zero-order valence-electron chi connectivity index (χ0n) is 11.9. The number of aliphatic hydroxyl groups excluding tert-OH is 1. The number of anilines is 1. The average Bonchev–Trinajstić information content (AvgIpc) is 2.31. The Bertz CT molecular complexity index is 613. The summed E-state index contributed by atoms with van der Waals surface area (Å²) in [6.45, 7) is 5.45. The minimum Gasteiger partial charge on any atom is -0.389 e. The van der Waals surface area contributed by atoms with E-state index in [1.165, 1.54) is 6.07 Å². The van der Waals surface area contributed by atoms with Crippen molar-refractivity contribution in [1.29, 1.82) is 0 Å². The smallest absolute Gasteiger partial charge is 0.154 e. The Morgan fingerprint density at radius 2 is 2.10 bits per heavy atom. The van der Waals surface area contributed by atoms with Gasteiger partial charge in [-0.15, -0.1) is 0 Å². The molecule has 1 aliphatic heterocycles. The summed E-state index contributed by atoms with van der Waals surface area (Å²) in [5.74, 6) is -0.183. The van der Waals surface area contributed by atoms with Gasteiger partial charge in [-0.2, -0.15) is 0 Å². The molecule has 0 aliphatic carbocycles. The van der Waals surface area contributed by atoms with Gasteiger partial charge >= 0.3 is 0 Å². The summed E-state index contributed by atoms with van der Waals surface area (Å²) in [5.41, 5.74) is 1.71. The number of benzene rings is 1. The predicted octanol–water partition coefficient (Wildman–Crippen LogP) is 1.81. The van der Waals surface area contributed by atoms with E-state index in [2.05, 4.69) is 0 Å². The first-order valence-corrected chi connectivity index (χ1v) is 8.48. The molecule has 2 unspecified atom stereocenters. The Balaban J connectivity index is 2.44. The van der Waals surface area contributed by atoms with Crippen LogP contribution in [0.3, 0.4) is 0 Å². The standard InChI is InChI=1S/C14H20FNO3S/c1-9-6-14(12(11(3)17)7-13(9)15)16-4-5-20(18,19)8-10(16)2/h6-7,10-11,17H,4-5,8H2,1-3H3. The third-order valence-corrected chi connectivity index (χ3v) is 5.53. The second kappa shape index (κ2) is 5.33. The Morgan fingerprint density at radius 1 is 1.45 bits per heavy atom. The molecule has 0 bridgehead atoms.